The van der Waals surface area contributed by atoms with Gasteiger partial charge in [-0.15, -0.1) is 0 Å². The lowest BCUT2D eigenvalue weighted by Crippen LogP contribution is -2.58. The van der Waals surface area contributed by atoms with Gasteiger partial charge in [0.2, 0.25) is 5.91 Å². The third-order valence-electron chi connectivity index (χ3n) is 3.25. The predicted octanol–water partition coefficient (Wildman–Crippen LogP) is 0.785. The monoisotopic (exact) mass is 256 g/mol. The zero-order chi connectivity index (χ0) is 13.7. The van der Waals surface area contributed by atoms with Crippen LogP contribution in [0.3, 0.4) is 0 Å². The van der Waals surface area contributed by atoms with Gasteiger partial charge in [0.25, 0.3) is 0 Å². The molecular weight excluding hydrogens is 232 g/mol. The zero-order valence-corrected chi connectivity index (χ0v) is 11.7. The van der Waals surface area contributed by atoms with Crippen molar-refractivity contribution >= 4 is 11.9 Å². The maximum absolute atomic E-state index is 12.3. The van der Waals surface area contributed by atoms with Crippen LogP contribution < -0.4 is 5.32 Å². The minimum absolute atomic E-state index is 0.0956. The summed E-state index contributed by atoms with van der Waals surface area (Å²) in [4.78, 5) is 25.3. The van der Waals surface area contributed by atoms with E-state index in [2.05, 4.69) is 23.9 Å². The van der Waals surface area contributed by atoms with Crippen molar-refractivity contribution in [2.75, 3.05) is 20.2 Å². The average Bonchev–Trinajstić information content (AvgIpc) is 2.31. The van der Waals surface area contributed by atoms with E-state index >= 15 is 0 Å². The third-order valence-corrected chi connectivity index (χ3v) is 3.25. The van der Waals surface area contributed by atoms with E-state index in [-0.39, 0.29) is 30.4 Å². The quantitative estimate of drug-likeness (QED) is 0.739. The lowest BCUT2D eigenvalue weighted by molar-refractivity contribution is -0.145. The van der Waals surface area contributed by atoms with Gasteiger partial charge in [-0.3, -0.25) is 9.59 Å². The van der Waals surface area contributed by atoms with Crippen LogP contribution in [-0.2, 0) is 14.3 Å². The van der Waals surface area contributed by atoms with E-state index in [0.717, 1.165) is 13.0 Å². The van der Waals surface area contributed by atoms with E-state index in [4.69, 9.17) is 0 Å². The number of amides is 1. The molecule has 5 nitrogen and oxygen atoms in total. The highest BCUT2D eigenvalue weighted by Gasteiger charge is 2.32. The molecule has 1 heterocycles. The summed E-state index contributed by atoms with van der Waals surface area (Å²) in [6, 6.07) is -0.208. The second-order valence-corrected chi connectivity index (χ2v) is 5.30. The van der Waals surface area contributed by atoms with Gasteiger partial charge in [-0.2, -0.15) is 0 Å². The molecule has 1 rings (SSSR count). The van der Waals surface area contributed by atoms with Gasteiger partial charge in [0.15, 0.2) is 0 Å². The van der Waals surface area contributed by atoms with Crippen LogP contribution in [0.25, 0.3) is 0 Å². The van der Waals surface area contributed by atoms with E-state index in [1.807, 2.05) is 6.92 Å². The molecule has 1 aliphatic rings. The van der Waals surface area contributed by atoms with Crippen LogP contribution in [0.5, 0.6) is 0 Å². The predicted molar refractivity (Wildman–Crippen MR) is 69.1 cm³/mol. The minimum atomic E-state index is -0.269. The molecule has 2 unspecified atom stereocenters. The number of hydrogen-bond acceptors (Lipinski definition) is 4. The summed E-state index contributed by atoms with van der Waals surface area (Å²) in [5.74, 6) is 0.308. The first-order valence-corrected chi connectivity index (χ1v) is 6.56. The minimum Gasteiger partial charge on any atom is -0.469 e. The fourth-order valence-electron chi connectivity index (χ4n) is 2.28. The molecule has 1 fully saturated rings. The van der Waals surface area contributed by atoms with Crippen LogP contribution in [0.1, 0.15) is 33.6 Å². The number of carbonyl (C=O) groups excluding carboxylic acids is 2. The highest BCUT2D eigenvalue weighted by atomic mass is 16.5. The summed E-state index contributed by atoms with van der Waals surface area (Å²) in [5.41, 5.74) is 0. The number of methoxy groups -OCH3 is 1. The molecule has 0 spiro atoms. The fourth-order valence-corrected chi connectivity index (χ4v) is 2.28. The number of nitrogens with one attached hydrogen (secondary N) is 1. The topological polar surface area (TPSA) is 58.6 Å². The number of piperazine rings is 1. The van der Waals surface area contributed by atoms with Gasteiger partial charge >= 0.3 is 5.97 Å². The Balaban J connectivity index is 2.59. The number of carbonyl (C=O) groups is 2. The molecule has 18 heavy (non-hydrogen) atoms. The Kier molecular flexibility index (Phi) is 5.59. The van der Waals surface area contributed by atoms with Crippen molar-refractivity contribution in [1.82, 2.24) is 10.2 Å². The molecule has 1 aliphatic heterocycles. The summed E-state index contributed by atoms with van der Waals surface area (Å²) in [7, 11) is 1.37. The average molecular weight is 256 g/mol. The van der Waals surface area contributed by atoms with Crippen molar-refractivity contribution in [1.29, 1.82) is 0 Å². The standard InChI is InChI=1S/C13H24N2O3/c1-9(2)7-11-13(17)15(6-5-14-11)10(3)8-12(16)18-4/h9-11,14H,5-8H2,1-4H3. The number of nitrogens with zero attached hydrogens (tertiary/aromatic N) is 1. The summed E-state index contributed by atoms with van der Waals surface area (Å²) in [6.45, 7) is 7.55. The molecule has 0 aromatic carbocycles. The van der Waals surface area contributed by atoms with Crippen LogP contribution in [-0.4, -0.2) is 49.1 Å². The lowest BCUT2D eigenvalue weighted by Gasteiger charge is -2.37. The molecule has 0 aromatic heterocycles. The Labute approximate surface area is 109 Å². The molecule has 0 radical (unpaired) electrons. The van der Waals surface area contributed by atoms with E-state index in [9.17, 15) is 9.59 Å². The molecule has 5 heteroatoms. The molecule has 1 N–H and O–H groups in total. The summed E-state index contributed by atoms with van der Waals surface area (Å²) < 4.78 is 4.65. The largest absolute Gasteiger partial charge is 0.469 e. The van der Waals surface area contributed by atoms with Crippen LogP contribution in [0, 0.1) is 5.92 Å². The van der Waals surface area contributed by atoms with Gasteiger partial charge in [-0.05, 0) is 19.3 Å². The van der Waals surface area contributed by atoms with Crippen molar-refractivity contribution in [3.63, 3.8) is 0 Å². The molecule has 1 saturated heterocycles. The second-order valence-electron chi connectivity index (χ2n) is 5.30. The first-order valence-electron chi connectivity index (χ1n) is 6.56. The maximum atomic E-state index is 12.3. The van der Waals surface area contributed by atoms with E-state index in [0.29, 0.717) is 12.5 Å². The summed E-state index contributed by atoms with van der Waals surface area (Å²) >= 11 is 0. The van der Waals surface area contributed by atoms with E-state index < -0.39 is 0 Å². The van der Waals surface area contributed by atoms with Crippen molar-refractivity contribution in [2.45, 2.75) is 45.7 Å². The number of hydrogen-bond donors (Lipinski definition) is 1. The van der Waals surface area contributed by atoms with Crippen molar-refractivity contribution in [2.24, 2.45) is 5.92 Å². The first-order chi connectivity index (χ1) is 8.45. The van der Waals surface area contributed by atoms with Gasteiger partial charge in [-0.25, -0.2) is 0 Å². The highest BCUT2D eigenvalue weighted by molar-refractivity contribution is 5.83. The fraction of sp³-hybridized carbons (Fsp3) is 0.846. The molecule has 0 aromatic rings. The van der Waals surface area contributed by atoms with Gasteiger partial charge in [0, 0.05) is 19.1 Å². The van der Waals surface area contributed by atoms with Gasteiger partial charge in [0.05, 0.1) is 19.6 Å². The van der Waals surface area contributed by atoms with Gasteiger partial charge < -0.3 is 15.0 Å². The normalized spacial score (nSPS) is 22.2. The van der Waals surface area contributed by atoms with Gasteiger partial charge in [-0.1, -0.05) is 13.8 Å². The zero-order valence-electron chi connectivity index (χ0n) is 11.7. The number of ether oxygens (including phenoxy) is 1. The lowest BCUT2D eigenvalue weighted by atomic mass is 10.00. The Morgan fingerprint density at radius 2 is 2.17 bits per heavy atom. The Hall–Kier alpha value is -1.10. The second kappa shape index (κ2) is 6.73. The molecule has 104 valence electrons. The number of esters is 1. The van der Waals surface area contributed by atoms with Crippen LogP contribution in [0.4, 0.5) is 0 Å². The number of rotatable bonds is 5. The van der Waals surface area contributed by atoms with Crippen molar-refractivity contribution < 1.29 is 14.3 Å². The van der Waals surface area contributed by atoms with Crippen LogP contribution in [0.15, 0.2) is 0 Å². The summed E-state index contributed by atoms with van der Waals surface area (Å²) in [5, 5.41) is 3.24. The molecule has 1 amide bonds. The van der Waals surface area contributed by atoms with Crippen LogP contribution in [0.2, 0.25) is 0 Å². The maximum Gasteiger partial charge on any atom is 0.307 e. The van der Waals surface area contributed by atoms with Crippen LogP contribution >= 0.6 is 0 Å². The highest BCUT2D eigenvalue weighted by Crippen LogP contribution is 2.15. The molecular formula is C13H24N2O3. The van der Waals surface area contributed by atoms with Crippen molar-refractivity contribution in [3.05, 3.63) is 0 Å². The molecule has 2 atom stereocenters. The van der Waals surface area contributed by atoms with E-state index in [1.165, 1.54) is 7.11 Å². The SMILES string of the molecule is COC(=O)CC(C)N1CCNC(CC(C)C)C1=O. The summed E-state index contributed by atoms with van der Waals surface area (Å²) in [6.07, 6.45) is 1.09. The van der Waals surface area contributed by atoms with E-state index in [1.54, 1.807) is 4.90 Å². The van der Waals surface area contributed by atoms with Gasteiger partial charge in [0.1, 0.15) is 0 Å². The molecule has 0 saturated carbocycles. The Bertz CT molecular complexity index is 305. The Morgan fingerprint density at radius 1 is 1.50 bits per heavy atom. The third kappa shape index (κ3) is 3.98. The molecule has 0 bridgehead atoms. The smallest absolute Gasteiger partial charge is 0.307 e. The molecule has 0 aliphatic carbocycles. The first kappa shape index (κ1) is 15.0. The van der Waals surface area contributed by atoms with Crippen molar-refractivity contribution in [3.8, 4) is 0 Å². The Morgan fingerprint density at radius 3 is 2.72 bits per heavy atom.